The van der Waals surface area contributed by atoms with E-state index in [1.165, 1.54) is 31.2 Å². The molecule has 1 aromatic carbocycles. The van der Waals surface area contributed by atoms with Crippen LogP contribution in [-0.2, 0) is 4.74 Å². The lowest BCUT2D eigenvalue weighted by molar-refractivity contribution is 0.154. The number of nitrogens with one attached hydrogen (secondary N) is 1. The average molecular weight is 249 g/mol. The monoisotopic (exact) mass is 249 g/mol. The van der Waals surface area contributed by atoms with E-state index >= 15 is 0 Å². The third kappa shape index (κ3) is 5.19. The fourth-order valence-corrected chi connectivity index (χ4v) is 2.37. The van der Waals surface area contributed by atoms with Gasteiger partial charge in [-0.25, -0.2) is 0 Å². The Morgan fingerprint density at radius 3 is 2.28 bits per heavy atom. The van der Waals surface area contributed by atoms with Gasteiger partial charge in [0.25, 0.3) is 0 Å². The molecule has 0 heterocycles. The molecule has 0 aliphatic heterocycles. The van der Waals surface area contributed by atoms with Gasteiger partial charge >= 0.3 is 0 Å². The number of benzene rings is 1. The molecule has 2 unspecified atom stereocenters. The van der Waals surface area contributed by atoms with Crippen molar-refractivity contribution in [3.8, 4) is 0 Å². The largest absolute Gasteiger partial charge is 0.383 e. The van der Waals surface area contributed by atoms with Crippen molar-refractivity contribution in [2.75, 3.05) is 13.7 Å². The molecule has 2 atom stereocenters. The maximum Gasteiger partial charge on any atom is 0.0616 e. The van der Waals surface area contributed by atoms with Crippen molar-refractivity contribution in [1.82, 2.24) is 5.32 Å². The average Bonchev–Trinajstić information content (AvgIpc) is 2.40. The predicted molar refractivity (Wildman–Crippen MR) is 77.8 cm³/mol. The van der Waals surface area contributed by atoms with Gasteiger partial charge in [0.15, 0.2) is 0 Å². The third-order valence-electron chi connectivity index (χ3n) is 3.22. The summed E-state index contributed by atoms with van der Waals surface area (Å²) in [5.41, 5.74) is 1.39. The zero-order valence-corrected chi connectivity index (χ0v) is 12.0. The second-order valence-corrected chi connectivity index (χ2v) is 4.86. The Morgan fingerprint density at radius 2 is 1.72 bits per heavy atom. The van der Waals surface area contributed by atoms with Crippen molar-refractivity contribution in [1.29, 1.82) is 0 Å². The van der Waals surface area contributed by atoms with Crippen molar-refractivity contribution in [2.24, 2.45) is 0 Å². The first-order chi connectivity index (χ1) is 8.81. The van der Waals surface area contributed by atoms with Gasteiger partial charge in [-0.15, -0.1) is 0 Å². The predicted octanol–water partition coefficient (Wildman–Crippen LogP) is 3.93. The first kappa shape index (κ1) is 15.2. The Balaban J connectivity index is 2.66. The minimum atomic E-state index is 0.447. The maximum atomic E-state index is 5.31. The van der Waals surface area contributed by atoms with Crippen LogP contribution in [0.4, 0.5) is 0 Å². The Hall–Kier alpha value is -0.860. The fourth-order valence-electron chi connectivity index (χ4n) is 2.37. The van der Waals surface area contributed by atoms with Crippen LogP contribution in [0.1, 0.15) is 51.1 Å². The molecule has 1 N–H and O–H groups in total. The first-order valence-electron chi connectivity index (χ1n) is 7.11. The zero-order chi connectivity index (χ0) is 13.2. The van der Waals surface area contributed by atoms with Crippen LogP contribution in [-0.4, -0.2) is 19.8 Å². The van der Waals surface area contributed by atoms with E-state index in [0.717, 1.165) is 6.61 Å². The summed E-state index contributed by atoms with van der Waals surface area (Å²) in [5.74, 6) is 0. The van der Waals surface area contributed by atoms with Crippen molar-refractivity contribution in [3.63, 3.8) is 0 Å². The molecular formula is C16H27NO. The topological polar surface area (TPSA) is 21.3 Å². The van der Waals surface area contributed by atoms with Gasteiger partial charge < -0.3 is 10.1 Å². The number of hydrogen-bond acceptors (Lipinski definition) is 2. The normalized spacial score (nSPS) is 14.4. The quantitative estimate of drug-likeness (QED) is 0.716. The molecule has 0 radical (unpaired) electrons. The van der Waals surface area contributed by atoms with Gasteiger partial charge in [-0.2, -0.15) is 0 Å². The molecule has 1 rings (SSSR count). The third-order valence-corrected chi connectivity index (χ3v) is 3.22. The summed E-state index contributed by atoms with van der Waals surface area (Å²) < 4.78 is 5.31. The van der Waals surface area contributed by atoms with E-state index in [2.05, 4.69) is 49.5 Å². The molecule has 1 aromatic rings. The summed E-state index contributed by atoms with van der Waals surface area (Å²) in [5, 5.41) is 3.75. The van der Waals surface area contributed by atoms with E-state index in [0.29, 0.717) is 12.1 Å². The van der Waals surface area contributed by atoms with E-state index < -0.39 is 0 Å². The lowest BCUT2D eigenvalue weighted by Gasteiger charge is -2.25. The van der Waals surface area contributed by atoms with Gasteiger partial charge in [0, 0.05) is 19.2 Å². The van der Waals surface area contributed by atoms with E-state index in [1.807, 2.05) is 0 Å². The summed E-state index contributed by atoms with van der Waals surface area (Å²) in [7, 11) is 1.78. The van der Waals surface area contributed by atoms with E-state index in [9.17, 15) is 0 Å². The highest BCUT2D eigenvalue weighted by Crippen LogP contribution is 2.19. The summed E-state index contributed by atoms with van der Waals surface area (Å²) in [6, 6.07) is 11.6. The van der Waals surface area contributed by atoms with E-state index in [4.69, 9.17) is 4.74 Å². The van der Waals surface area contributed by atoms with Crippen LogP contribution in [0.25, 0.3) is 0 Å². The number of rotatable bonds is 9. The van der Waals surface area contributed by atoms with Gasteiger partial charge in [0.2, 0.25) is 0 Å². The minimum Gasteiger partial charge on any atom is -0.383 e. The lowest BCUT2D eigenvalue weighted by Crippen LogP contribution is -2.36. The smallest absolute Gasteiger partial charge is 0.0616 e. The lowest BCUT2D eigenvalue weighted by atomic mass is 10.0. The van der Waals surface area contributed by atoms with Crippen molar-refractivity contribution in [2.45, 2.75) is 51.6 Å². The molecule has 0 saturated carbocycles. The number of methoxy groups -OCH3 is 1. The molecule has 18 heavy (non-hydrogen) atoms. The SMILES string of the molecule is CCCC(COC)NC(CCC)c1ccccc1. The van der Waals surface area contributed by atoms with Crippen LogP contribution >= 0.6 is 0 Å². The molecule has 0 bridgehead atoms. The molecular weight excluding hydrogens is 222 g/mol. The van der Waals surface area contributed by atoms with E-state index in [1.54, 1.807) is 7.11 Å². The molecule has 0 aliphatic rings. The number of ether oxygens (including phenoxy) is 1. The molecule has 2 heteroatoms. The van der Waals surface area contributed by atoms with Gasteiger partial charge in [-0.1, -0.05) is 57.0 Å². The molecule has 2 nitrogen and oxygen atoms in total. The Morgan fingerprint density at radius 1 is 1.06 bits per heavy atom. The molecule has 102 valence electrons. The van der Waals surface area contributed by atoms with Gasteiger partial charge in [0.1, 0.15) is 0 Å². The van der Waals surface area contributed by atoms with Crippen molar-refractivity contribution in [3.05, 3.63) is 35.9 Å². The zero-order valence-electron chi connectivity index (χ0n) is 12.0. The molecule has 0 fully saturated rings. The van der Waals surface area contributed by atoms with Gasteiger partial charge in [-0.05, 0) is 18.4 Å². The highest BCUT2D eigenvalue weighted by molar-refractivity contribution is 5.19. The van der Waals surface area contributed by atoms with Gasteiger partial charge in [-0.3, -0.25) is 0 Å². The molecule has 0 aliphatic carbocycles. The summed E-state index contributed by atoms with van der Waals surface area (Å²) in [6.07, 6.45) is 4.72. The molecule has 0 amide bonds. The minimum absolute atomic E-state index is 0.447. The summed E-state index contributed by atoms with van der Waals surface area (Å²) in [4.78, 5) is 0. The van der Waals surface area contributed by atoms with Crippen LogP contribution in [0.2, 0.25) is 0 Å². The van der Waals surface area contributed by atoms with Crippen molar-refractivity contribution >= 4 is 0 Å². The first-order valence-corrected chi connectivity index (χ1v) is 7.11. The standard InChI is InChI=1S/C16H27NO/c1-4-9-15(13-18-3)17-16(10-5-2)14-11-7-6-8-12-14/h6-8,11-12,15-17H,4-5,9-10,13H2,1-3H3. The highest BCUT2D eigenvalue weighted by Gasteiger charge is 2.15. The van der Waals surface area contributed by atoms with Crippen LogP contribution in [0.5, 0.6) is 0 Å². The second kappa shape index (κ2) is 9.12. The van der Waals surface area contributed by atoms with Crippen LogP contribution in [0.15, 0.2) is 30.3 Å². The van der Waals surface area contributed by atoms with E-state index in [-0.39, 0.29) is 0 Å². The maximum absolute atomic E-state index is 5.31. The fraction of sp³-hybridized carbons (Fsp3) is 0.625. The van der Waals surface area contributed by atoms with Crippen LogP contribution < -0.4 is 5.32 Å². The Bertz CT molecular complexity index is 293. The van der Waals surface area contributed by atoms with Crippen LogP contribution in [0.3, 0.4) is 0 Å². The number of hydrogen-bond donors (Lipinski definition) is 1. The van der Waals surface area contributed by atoms with Crippen LogP contribution in [0, 0.1) is 0 Å². The summed E-state index contributed by atoms with van der Waals surface area (Å²) in [6.45, 7) is 5.26. The summed E-state index contributed by atoms with van der Waals surface area (Å²) >= 11 is 0. The Kier molecular flexibility index (Phi) is 7.70. The van der Waals surface area contributed by atoms with Crippen molar-refractivity contribution < 1.29 is 4.74 Å². The highest BCUT2D eigenvalue weighted by atomic mass is 16.5. The molecule has 0 spiro atoms. The van der Waals surface area contributed by atoms with Gasteiger partial charge in [0.05, 0.1) is 6.61 Å². The Labute approximate surface area is 112 Å². The molecule has 0 saturated heterocycles. The molecule has 0 aromatic heterocycles. The second-order valence-electron chi connectivity index (χ2n) is 4.86.